The number of benzene rings is 2. The lowest BCUT2D eigenvalue weighted by Gasteiger charge is -2.09. The first-order valence-corrected chi connectivity index (χ1v) is 8.71. The molecule has 0 bridgehead atoms. The number of rotatable bonds is 6. The van der Waals surface area contributed by atoms with Crippen LogP contribution in [-0.4, -0.2) is 23.9 Å². The van der Waals surface area contributed by atoms with Crippen molar-refractivity contribution in [1.29, 1.82) is 0 Å². The molecule has 0 aliphatic carbocycles. The van der Waals surface area contributed by atoms with E-state index in [9.17, 15) is 4.79 Å². The third-order valence-electron chi connectivity index (χ3n) is 4.29. The second-order valence-corrected chi connectivity index (χ2v) is 6.35. The maximum absolute atomic E-state index is 12.6. The van der Waals surface area contributed by atoms with Gasteiger partial charge in [-0.2, -0.15) is 0 Å². The number of aliphatic imine (C=N–C) groups is 1. The van der Waals surface area contributed by atoms with E-state index in [2.05, 4.69) is 22.4 Å². The third kappa shape index (κ3) is 4.61. The van der Waals surface area contributed by atoms with Crippen molar-refractivity contribution in [2.24, 2.45) is 10.7 Å². The Morgan fingerprint density at radius 1 is 1.15 bits per heavy atom. The van der Waals surface area contributed by atoms with Gasteiger partial charge in [0.15, 0.2) is 11.7 Å². The van der Waals surface area contributed by atoms with Crippen molar-refractivity contribution in [2.45, 2.75) is 19.3 Å². The van der Waals surface area contributed by atoms with Gasteiger partial charge >= 0.3 is 0 Å². The van der Waals surface area contributed by atoms with Crippen LogP contribution in [0.3, 0.4) is 0 Å². The van der Waals surface area contributed by atoms with E-state index >= 15 is 0 Å². The maximum Gasteiger partial charge on any atom is 0.231 e. The molecule has 0 aliphatic rings. The van der Waals surface area contributed by atoms with E-state index < -0.39 is 0 Å². The van der Waals surface area contributed by atoms with Crippen LogP contribution in [0.2, 0.25) is 0 Å². The first-order valence-electron chi connectivity index (χ1n) is 8.71. The Labute approximate surface area is 158 Å². The van der Waals surface area contributed by atoms with Gasteiger partial charge in [0.05, 0.1) is 5.69 Å². The van der Waals surface area contributed by atoms with Gasteiger partial charge in [0.1, 0.15) is 0 Å². The van der Waals surface area contributed by atoms with Gasteiger partial charge in [-0.25, -0.2) is 0 Å². The zero-order valence-electron chi connectivity index (χ0n) is 15.3. The lowest BCUT2D eigenvalue weighted by Crippen LogP contribution is -2.21. The molecule has 2 aromatic carbocycles. The largest absolute Gasteiger partial charge is 0.370 e. The molecular weight excluding hydrogens is 340 g/mol. The number of nitrogens with zero attached hydrogens (tertiary/aromatic N) is 2. The Hall–Kier alpha value is -3.41. The van der Waals surface area contributed by atoms with Gasteiger partial charge in [-0.05, 0) is 18.1 Å². The molecule has 6 heteroatoms. The van der Waals surface area contributed by atoms with Crippen LogP contribution in [0.5, 0.6) is 0 Å². The SMILES string of the molecule is CN=C(N)Nc1cc(C(C)Cc2cccc(C(=O)c3ccccc3)c2)no1. The summed E-state index contributed by atoms with van der Waals surface area (Å²) in [4.78, 5) is 16.5. The molecule has 0 aliphatic heterocycles. The second kappa shape index (κ2) is 8.31. The molecule has 0 fully saturated rings. The quantitative estimate of drug-likeness (QED) is 0.397. The molecule has 3 N–H and O–H groups in total. The number of hydrogen-bond acceptors (Lipinski definition) is 4. The Bertz CT molecular complexity index is 948. The van der Waals surface area contributed by atoms with Crippen LogP contribution < -0.4 is 11.1 Å². The van der Waals surface area contributed by atoms with Crippen molar-refractivity contribution in [1.82, 2.24) is 5.16 Å². The van der Waals surface area contributed by atoms with Gasteiger partial charge in [-0.1, -0.05) is 60.6 Å². The van der Waals surface area contributed by atoms with Gasteiger partial charge in [-0.3, -0.25) is 15.1 Å². The average Bonchev–Trinajstić information content (AvgIpc) is 3.16. The summed E-state index contributed by atoms with van der Waals surface area (Å²) in [5, 5.41) is 6.92. The highest BCUT2D eigenvalue weighted by Gasteiger charge is 2.15. The molecule has 1 heterocycles. The zero-order valence-corrected chi connectivity index (χ0v) is 15.3. The average molecular weight is 362 g/mol. The van der Waals surface area contributed by atoms with Crippen LogP contribution in [0.4, 0.5) is 5.88 Å². The lowest BCUT2D eigenvalue weighted by atomic mass is 9.95. The highest BCUT2D eigenvalue weighted by Crippen LogP contribution is 2.23. The Morgan fingerprint density at radius 3 is 2.63 bits per heavy atom. The summed E-state index contributed by atoms with van der Waals surface area (Å²) in [6, 6.07) is 18.8. The minimum absolute atomic E-state index is 0.0207. The van der Waals surface area contributed by atoms with Gasteiger partial charge in [0.2, 0.25) is 5.88 Å². The molecule has 3 rings (SSSR count). The fraction of sp³-hybridized carbons (Fsp3) is 0.190. The molecule has 0 saturated carbocycles. The molecule has 3 aromatic rings. The predicted octanol–water partition coefficient (Wildman–Crippen LogP) is 3.61. The first-order chi connectivity index (χ1) is 13.1. The number of anilines is 1. The third-order valence-corrected chi connectivity index (χ3v) is 4.29. The van der Waals surface area contributed by atoms with Crippen molar-refractivity contribution in [2.75, 3.05) is 12.4 Å². The Morgan fingerprint density at radius 2 is 1.89 bits per heavy atom. The predicted molar refractivity (Wildman–Crippen MR) is 106 cm³/mol. The van der Waals surface area contributed by atoms with Gasteiger partial charge < -0.3 is 10.3 Å². The molecule has 1 atom stereocenters. The Kier molecular flexibility index (Phi) is 5.66. The topological polar surface area (TPSA) is 93.5 Å². The van der Waals surface area contributed by atoms with Crippen molar-refractivity contribution in [3.63, 3.8) is 0 Å². The summed E-state index contributed by atoms with van der Waals surface area (Å²) in [6.45, 7) is 2.06. The Balaban J connectivity index is 1.72. The van der Waals surface area contributed by atoms with Crippen molar-refractivity contribution in [3.8, 4) is 0 Å². The molecule has 6 nitrogen and oxygen atoms in total. The fourth-order valence-electron chi connectivity index (χ4n) is 2.82. The molecule has 1 unspecified atom stereocenters. The summed E-state index contributed by atoms with van der Waals surface area (Å²) in [5.41, 5.74) is 8.86. The van der Waals surface area contributed by atoms with Gasteiger partial charge in [0.25, 0.3) is 0 Å². The van der Waals surface area contributed by atoms with Crippen molar-refractivity contribution >= 4 is 17.6 Å². The number of aromatic nitrogens is 1. The van der Waals surface area contributed by atoms with Gasteiger partial charge in [0, 0.05) is 30.2 Å². The summed E-state index contributed by atoms with van der Waals surface area (Å²) in [5.74, 6) is 0.851. The minimum Gasteiger partial charge on any atom is -0.370 e. The van der Waals surface area contributed by atoms with E-state index in [1.807, 2.05) is 60.7 Å². The van der Waals surface area contributed by atoms with E-state index in [1.165, 1.54) is 0 Å². The monoisotopic (exact) mass is 362 g/mol. The smallest absolute Gasteiger partial charge is 0.231 e. The van der Waals surface area contributed by atoms with E-state index in [4.69, 9.17) is 10.3 Å². The highest BCUT2D eigenvalue weighted by molar-refractivity contribution is 6.09. The molecule has 27 heavy (non-hydrogen) atoms. The first kappa shape index (κ1) is 18.4. The summed E-state index contributed by atoms with van der Waals surface area (Å²) >= 11 is 0. The van der Waals surface area contributed by atoms with Crippen LogP contribution in [0.15, 0.2) is 70.2 Å². The zero-order chi connectivity index (χ0) is 19.2. The number of ketones is 1. The second-order valence-electron chi connectivity index (χ2n) is 6.35. The molecule has 0 saturated heterocycles. The summed E-state index contributed by atoms with van der Waals surface area (Å²) < 4.78 is 5.24. The molecule has 0 amide bonds. The van der Waals surface area contributed by atoms with Crippen LogP contribution in [0.1, 0.15) is 40.0 Å². The van der Waals surface area contributed by atoms with E-state index in [0.29, 0.717) is 17.0 Å². The van der Waals surface area contributed by atoms with Crippen LogP contribution in [0.25, 0.3) is 0 Å². The molecule has 0 spiro atoms. The maximum atomic E-state index is 12.6. The number of guanidine groups is 1. The van der Waals surface area contributed by atoms with Crippen molar-refractivity contribution < 1.29 is 9.32 Å². The molecule has 0 radical (unpaired) electrons. The number of carbonyl (C=O) groups excluding carboxylic acids is 1. The van der Waals surface area contributed by atoms with Crippen LogP contribution in [0, 0.1) is 0 Å². The van der Waals surface area contributed by atoms with Gasteiger partial charge in [-0.15, -0.1) is 0 Å². The van der Waals surface area contributed by atoms with E-state index in [-0.39, 0.29) is 17.7 Å². The molecule has 1 aromatic heterocycles. The molecular formula is C21H22N4O2. The lowest BCUT2D eigenvalue weighted by molar-refractivity contribution is 0.103. The molecule has 138 valence electrons. The van der Waals surface area contributed by atoms with E-state index in [1.54, 1.807) is 7.05 Å². The normalized spacial score (nSPS) is 12.6. The number of nitrogens with one attached hydrogen (secondary N) is 1. The van der Waals surface area contributed by atoms with E-state index in [0.717, 1.165) is 17.7 Å². The highest BCUT2D eigenvalue weighted by atomic mass is 16.5. The van der Waals surface area contributed by atoms with Crippen LogP contribution in [-0.2, 0) is 6.42 Å². The minimum atomic E-state index is 0.0207. The number of nitrogens with two attached hydrogens (primary N) is 1. The number of hydrogen-bond donors (Lipinski definition) is 2. The standard InChI is InChI=1S/C21H22N4O2/c1-14(18-13-19(27-25-18)24-21(22)23-2)11-15-7-6-10-17(12-15)20(26)16-8-4-3-5-9-16/h3-10,12-14H,11H2,1-2H3,(H3,22,23,24). The fourth-order valence-corrected chi connectivity index (χ4v) is 2.82. The summed E-state index contributed by atoms with van der Waals surface area (Å²) in [6.07, 6.45) is 0.735. The van der Waals surface area contributed by atoms with Crippen molar-refractivity contribution in [3.05, 3.63) is 83.0 Å². The number of carbonyl (C=O) groups is 1. The van der Waals surface area contributed by atoms with Crippen LogP contribution >= 0.6 is 0 Å². The summed E-state index contributed by atoms with van der Waals surface area (Å²) in [7, 11) is 1.59.